The van der Waals surface area contributed by atoms with Crippen molar-refractivity contribution < 1.29 is 0 Å². The highest BCUT2D eigenvalue weighted by Gasteiger charge is 2.11. The van der Waals surface area contributed by atoms with E-state index in [9.17, 15) is 0 Å². The van der Waals surface area contributed by atoms with Crippen LogP contribution in [0.25, 0.3) is 11.5 Å². The fourth-order valence-electron chi connectivity index (χ4n) is 1.61. The van der Waals surface area contributed by atoms with E-state index in [1.807, 2.05) is 18.4 Å². The quantitative estimate of drug-likeness (QED) is 0.916. The molecule has 0 unspecified atom stereocenters. The van der Waals surface area contributed by atoms with E-state index >= 15 is 0 Å². The summed E-state index contributed by atoms with van der Waals surface area (Å²) in [6.45, 7) is 9.17. The zero-order chi connectivity index (χ0) is 13.1. The number of aromatic nitrogens is 3. The molecule has 0 spiro atoms. The molecule has 0 aliphatic rings. The van der Waals surface area contributed by atoms with Crippen molar-refractivity contribution in [2.24, 2.45) is 0 Å². The highest BCUT2D eigenvalue weighted by molar-refractivity contribution is 7.09. The number of hydrogen-bond donors (Lipinski definition) is 1. The maximum absolute atomic E-state index is 4.59. The molecule has 0 fully saturated rings. The Morgan fingerprint density at radius 1 is 1.28 bits per heavy atom. The van der Waals surface area contributed by atoms with Crippen LogP contribution in [-0.2, 0) is 0 Å². The van der Waals surface area contributed by atoms with E-state index in [0.29, 0.717) is 11.7 Å². The molecule has 0 aliphatic carbocycles. The van der Waals surface area contributed by atoms with Crippen molar-refractivity contribution in [3.63, 3.8) is 0 Å². The van der Waals surface area contributed by atoms with Gasteiger partial charge in [-0.1, -0.05) is 13.8 Å². The lowest BCUT2D eigenvalue weighted by atomic mass is 10.1. The van der Waals surface area contributed by atoms with Gasteiger partial charge in [-0.3, -0.25) is 0 Å². The summed E-state index contributed by atoms with van der Waals surface area (Å²) in [6, 6.07) is 2.01. The van der Waals surface area contributed by atoms with E-state index in [1.54, 1.807) is 11.3 Å². The number of nitrogens with zero attached hydrogens (tertiary/aromatic N) is 3. The van der Waals surface area contributed by atoms with Crippen LogP contribution >= 0.6 is 11.3 Å². The largest absolute Gasteiger partial charge is 0.370 e. The van der Waals surface area contributed by atoms with Gasteiger partial charge in [-0.25, -0.2) is 15.0 Å². The van der Waals surface area contributed by atoms with Crippen LogP contribution in [-0.4, -0.2) is 21.5 Å². The Balaban J connectivity index is 2.45. The second-order valence-electron chi connectivity index (χ2n) is 4.44. The van der Waals surface area contributed by atoms with E-state index in [-0.39, 0.29) is 0 Å². The maximum Gasteiger partial charge on any atom is 0.181 e. The van der Waals surface area contributed by atoms with Crippen molar-refractivity contribution in [2.45, 2.75) is 33.6 Å². The smallest absolute Gasteiger partial charge is 0.181 e. The van der Waals surface area contributed by atoms with Crippen molar-refractivity contribution in [1.29, 1.82) is 0 Å². The van der Waals surface area contributed by atoms with Crippen LogP contribution in [0, 0.1) is 6.92 Å². The molecular weight excluding hydrogens is 244 g/mol. The van der Waals surface area contributed by atoms with Crippen LogP contribution in [0.2, 0.25) is 0 Å². The summed E-state index contributed by atoms with van der Waals surface area (Å²) in [4.78, 5) is 13.6. The maximum atomic E-state index is 4.59. The summed E-state index contributed by atoms with van der Waals surface area (Å²) in [5.74, 6) is 1.96. The molecule has 0 atom stereocenters. The van der Waals surface area contributed by atoms with Gasteiger partial charge in [0.15, 0.2) is 5.82 Å². The third kappa shape index (κ3) is 2.85. The first-order valence-corrected chi connectivity index (χ1v) is 7.03. The number of hydrogen-bond acceptors (Lipinski definition) is 5. The zero-order valence-corrected chi connectivity index (χ0v) is 12.0. The van der Waals surface area contributed by atoms with Crippen LogP contribution in [0.3, 0.4) is 0 Å². The van der Waals surface area contributed by atoms with E-state index in [1.165, 1.54) is 0 Å². The molecule has 5 heteroatoms. The average molecular weight is 262 g/mol. The summed E-state index contributed by atoms with van der Waals surface area (Å²) in [5, 5.41) is 6.28. The molecule has 0 radical (unpaired) electrons. The fourth-order valence-corrected chi connectivity index (χ4v) is 2.21. The van der Waals surface area contributed by atoms with Crippen molar-refractivity contribution in [3.8, 4) is 11.5 Å². The highest BCUT2D eigenvalue weighted by Crippen LogP contribution is 2.23. The molecule has 0 aromatic carbocycles. The Morgan fingerprint density at radius 2 is 2.06 bits per heavy atom. The van der Waals surface area contributed by atoms with Gasteiger partial charge in [0.05, 0.1) is 5.01 Å². The number of thiazole rings is 1. The van der Waals surface area contributed by atoms with E-state index < -0.39 is 0 Å². The summed E-state index contributed by atoms with van der Waals surface area (Å²) in [7, 11) is 0. The molecule has 2 rings (SSSR count). The minimum atomic E-state index is 0.379. The summed E-state index contributed by atoms with van der Waals surface area (Å²) in [5.41, 5.74) is 1.90. The molecule has 0 aliphatic heterocycles. The molecule has 18 heavy (non-hydrogen) atoms. The first-order chi connectivity index (χ1) is 8.60. The van der Waals surface area contributed by atoms with Crippen LogP contribution in [0.4, 0.5) is 5.82 Å². The zero-order valence-electron chi connectivity index (χ0n) is 11.2. The van der Waals surface area contributed by atoms with Gasteiger partial charge in [-0.2, -0.15) is 0 Å². The van der Waals surface area contributed by atoms with E-state index in [2.05, 4.69) is 41.0 Å². The van der Waals surface area contributed by atoms with Gasteiger partial charge in [0.25, 0.3) is 0 Å². The van der Waals surface area contributed by atoms with Gasteiger partial charge in [0, 0.05) is 23.7 Å². The number of nitrogens with one attached hydrogen (secondary N) is 1. The van der Waals surface area contributed by atoms with E-state index in [4.69, 9.17) is 0 Å². The van der Waals surface area contributed by atoms with Gasteiger partial charge in [-0.15, -0.1) is 11.3 Å². The minimum Gasteiger partial charge on any atom is -0.370 e. The molecule has 0 amide bonds. The van der Waals surface area contributed by atoms with Crippen molar-refractivity contribution >= 4 is 17.2 Å². The minimum absolute atomic E-state index is 0.379. The van der Waals surface area contributed by atoms with Gasteiger partial charge in [0.1, 0.15) is 11.5 Å². The molecule has 2 heterocycles. The van der Waals surface area contributed by atoms with Crippen molar-refractivity contribution in [2.75, 3.05) is 11.9 Å². The molecular formula is C13H18N4S. The van der Waals surface area contributed by atoms with E-state index in [0.717, 1.165) is 28.8 Å². The first kappa shape index (κ1) is 13.0. The second kappa shape index (κ2) is 5.44. The lowest BCUT2D eigenvalue weighted by Crippen LogP contribution is -2.05. The lowest BCUT2D eigenvalue weighted by Gasteiger charge is -2.09. The molecule has 0 saturated carbocycles. The third-order valence-corrected chi connectivity index (χ3v) is 3.32. The normalized spacial score (nSPS) is 10.9. The van der Waals surface area contributed by atoms with Crippen LogP contribution < -0.4 is 5.32 Å². The number of aryl methyl sites for hydroxylation is 1. The Hall–Kier alpha value is -1.49. The van der Waals surface area contributed by atoms with Crippen LogP contribution in [0.15, 0.2) is 11.4 Å². The van der Waals surface area contributed by atoms with Crippen LogP contribution in [0.1, 0.15) is 37.4 Å². The van der Waals surface area contributed by atoms with Crippen molar-refractivity contribution in [3.05, 3.63) is 22.1 Å². The first-order valence-electron chi connectivity index (χ1n) is 6.15. The van der Waals surface area contributed by atoms with Gasteiger partial charge < -0.3 is 5.32 Å². The predicted octanol–water partition coefficient (Wildman–Crippen LogP) is 3.46. The number of anilines is 1. The number of rotatable bonds is 4. The SMILES string of the molecule is CCNc1cc(C(C)C)nc(-c2csc(C)n2)n1. The van der Waals surface area contributed by atoms with Gasteiger partial charge in [0.2, 0.25) is 0 Å². The Labute approximate surface area is 112 Å². The Kier molecular flexibility index (Phi) is 3.91. The molecule has 0 bridgehead atoms. The molecule has 2 aromatic rings. The molecule has 1 N–H and O–H groups in total. The Morgan fingerprint density at radius 3 is 2.61 bits per heavy atom. The van der Waals surface area contributed by atoms with Crippen LogP contribution in [0.5, 0.6) is 0 Å². The van der Waals surface area contributed by atoms with Crippen molar-refractivity contribution in [1.82, 2.24) is 15.0 Å². The predicted molar refractivity (Wildman–Crippen MR) is 76.1 cm³/mol. The average Bonchev–Trinajstić information content (AvgIpc) is 2.76. The summed E-state index contributed by atoms with van der Waals surface area (Å²) >= 11 is 1.62. The summed E-state index contributed by atoms with van der Waals surface area (Å²) < 4.78 is 0. The highest BCUT2D eigenvalue weighted by atomic mass is 32.1. The molecule has 0 saturated heterocycles. The third-order valence-electron chi connectivity index (χ3n) is 2.54. The van der Waals surface area contributed by atoms with Gasteiger partial charge >= 0.3 is 0 Å². The topological polar surface area (TPSA) is 50.7 Å². The summed E-state index contributed by atoms with van der Waals surface area (Å²) in [6.07, 6.45) is 0. The lowest BCUT2D eigenvalue weighted by molar-refractivity contribution is 0.816. The monoisotopic (exact) mass is 262 g/mol. The molecule has 2 aromatic heterocycles. The van der Waals surface area contributed by atoms with Gasteiger partial charge in [-0.05, 0) is 19.8 Å². The standard InChI is InChI=1S/C13H18N4S/c1-5-14-12-6-10(8(2)3)16-13(17-12)11-7-18-9(4)15-11/h6-8H,5H2,1-4H3,(H,14,16,17). The fraction of sp³-hybridized carbons (Fsp3) is 0.462. The molecule has 96 valence electrons. The second-order valence-corrected chi connectivity index (χ2v) is 5.50. The molecule has 4 nitrogen and oxygen atoms in total. The Bertz CT molecular complexity index is 534.